The lowest BCUT2D eigenvalue weighted by molar-refractivity contribution is -0.149. The first-order valence-corrected chi connectivity index (χ1v) is 6.28. The van der Waals surface area contributed by atoms with Gasteiger partial charge < -0.3 is 10.4 Å². The number of rotatable bonds is 3. The Bertz CT molecular complexity index is 399. The Labute approximate surface area is 105 Å². The number of hydrogen-bond donors (Lipinski definition) is 2. The monoisotopic (exact) mass is 254 g/mol. The Morgan fingerprint density at radius 3 is 2.33 bits per heavy atom. The summed E-state index contributed by atoms with van der Waals surface area (Å²) in [5.74, 6) is -1.82. The number of nitrogens with one attached hydrogen (secondary N) is 1. The highest BCUT2D eigenvalue weighted by Crippen LogP contribution is 2.36. The molecule has 1 spiro atoms. The van der Waals surface area contributed by atoms with E-state index in [2.05, 4.69) is 5.32 Å². The number of carboxylic acids is 1. The number of amides is 3. The molecule has 6 heteroatoms. The molecule has 0 aromatic heterocycles. The van der Waals surface area contributed by atoms with Crippen LogP contribution < -0.4 is 5.32 Å². The first-order valence-electron chi connectivity index (χ1n) is 6.28. The van der Waals surface area contributed by atoms with Gasteiger partial charge in [-0.1, -0.05) is 26.7 Å². The smallest absolute Gasteiger partial charge is 0.327 e. The van der Waals surface area contributed by atoms with Gasteiger partial charge in [-0.2, -0.15) is 0 Å². The van der Waals surface area contributed by atoms with Crippen LogP contribution in [0.3, 0.4) is 0 Å². The normalized spacial score (nSPS) is 23.8. The van der Waals surface area contributed by atoms with Crippen LogP contribution >= 0.6 is 0 Å². The van der Waals surface area contributed by atoms with Crippen molar-refractivity contribution in [3.05, 3.63) is 0 Å². The third kappa shape index (κ3) is 1.76. The summed E-state index contributed by atoms with van der Waals surface area (Å²) in [4.78, 5) is 36.4. The predicted molar refractivity (Wildman–Crippen MR) is 62.8 cm³/mol. The maximum absolute atomic E-state index is 12.4. The summed E-state index contributed by atoms with van der Waals surface area (Å²) in [7, 11) is 0. The number of nitrogens with zero attached hydrogens (tertiary/aromatic N) is 1. The Balaban J connectivity index is 2.31. The third-order valence-corrected chi connectivity index (χ3v) is 3.81. The van der Waals surface area contributed by atoms with Gasteiger partial charge in [0.15, 0.2) is 0 Å². The fraction of sp³-hybridized carbons (Fsp3) is 0.750. The number of carboxylic acid groups (broad SMARTS) is 1. The van der Waals surface area contributed by atoms with E-state index in [1.54, 1.807) is 13.8 Å². The molecular weight excluding hydrogens is 236 g/mol. The number of carbonyl (C=O) groups is 3. The molecule has 0 bridgehead atoms. The molecule has 1 saturated heterocycles. The van der Waals surface area contributed by atoms with Gasteiger partial charge >= 0.3 is 12.0 Å². The van der Waals surface area contributed by atoms with E-state index in [1.165, 1.54) is 0 Å². The van der Waals surface area contributed by atoms with Crippen LogP contribution in [0.1, 0.15) is 39.5 Å². The maximum Gasteiger partial charge on any atom is 0.327 e. The fourth-order valence-electron chi connectivity index (χ4n) is 2.90. The van der Waals surface area contributed by atoms with Gasteiger partial charge in [0, 0.05) is 0 Å². The van der Waals surface area contributed by atoms with Gasteiger partial charge in [0.05, 0.1) is 0 Å². The second-order valence-corrected chi connectivity index (χ2v) is 5.42. The molecule has 6 nitrogen and oxygen atoms in total. The number of urea groups is 1. The first-order chi connectivity index (χ1) is 8.39. The molecule has 2 aliphatic rings. The molecule has 100 valence electrons. The Morgan fingerprint density at radius 2 is 1.89 bits per heavy atom. The van der Waals surface area contributed by atoms with E-state index in [9.17, 15) is 19.5 Å². The largest absolute Gasteiger partial charge is 0.480 e. The SMILES string of the molecule is CC(C)C(C(=O)O)N1C(=O)NC2(CCCC2)C1=O. The standard InChI is InChI=1S/C12H18N2O4/c1-7(2)8(9(15)16)14-10(17)12(13-11(14)18)5-3-4-6-12/h7-8H,3-6H2,1-2H3,(H,13,18)(H,15,16). The van der Waals surface area contributed by atoms with Gasteiger partial charge in [0.2, 0.25) is 0 Å². The van der Waals surface area contributed by atoms with Crippen molar-refractivity contribution in [2.75, 3.05) is 0 Å². The van der Waals surface area contributed by atoms with Crippen LogP contribution in [0.15, 0.2) is 0 Å². The zero-order chi connectivity index (χ0) is 13.5. The summed E-state index contributed by atoms with van der Waals surface area (Å²) in [6.07, 6.45) is 3.00. The van der Waals surface area contributed by atoms with Crippen molar-refractivity contribution in [3.63, 3.8) is 0 Å². The minimum Gasteiger partial charge on any atom is -0.480 e. The number of aliphatic carboxylic acids is 1. The van der Waals surface area contributed by atoms with E-state index in [0.717, 1.165) is 17.7 Å². The average molecular weight is 254 g/mol. The highest BCUT2D eigenvalue weighted by Gasteiger charge is 2.55. The zero-order valence-corrected chi connectivity index (χ0v) is 10.6. The van der Waals surface area contributed by atoms with E-state index in [-0.39, 0.29) is 11.8 Å². The first kappa shape index (κ1) is 12.9. The highest BCUT2D eigenvalue weighted by atomic mass is 16.4. The van der Waals surface area contributed by atoms with Crippen molar-refractivity contribution >= 4 is 17.9 Å². The molecule has 0 aromatic carbocycles. The van der Waals surface area contributed by atoms with Crippen molar-refractivity contribution < 1.29 is 19.5 Å². The minimum atomic E-state index is -1.14. The van der Waals surface area contributed by atoms with Gasteiger partial charge in [-0.3, -0.25) is 4.79 Å². The molecule has 2 rings (SSSR count). The second-order valence-electron chi connectivity index (χ2n) is 5.42. The summed E-state index contributed by atoms with van der Waals surface area (Å²) in [5, 5.41) is 11.9. The van der Waals surface area contributed by atoms with Gasteiger partial charge in [-0.25, -0.2) is 14.5 Å². The quantitative estimate of drug-likeness (QED) is 0.734. The number of carbonyl (C=O) groups excluding carboxylic acids is 2. The van der Waals surface area contributed by atoms with Crippen molar-refractivity contribution in [2.24, 2.45) is 5.92 Å². The number of hydrogen-bond acceptors (Lipinski definition) is 3. The van der Waals surface area contributed by atoms with Crippen molar-refractivity contribution in [1.82, 2.24) is 10.2 Å². The number of imide groups is 1. The molecule has 1 saturated carbocycles. The molecule has 2 fully saturated rings. The molecule has 1 aliphatic heterocycles. The third-order valence-electron chi connectivity index (χ3n) is 3.81. The van der Waals surface area contributed by atoms with E-state index < -0.39 is 23.6 Å². The van der Waals surface area contributed by atoms with Crippen molar-refractivity contribution in [1.29, 1.82) is 0 Å². The zero-order valence-electron chi connectivity index (χ0n) is 10.6. The van der Waals surface area contributed by atoms with Crippen LogP contribution in [0, 0.1) is 5.92 Å². The summed E-state index contributed by atoms with van der Waals surface area (Å²) in [6, 6.07) is -1.65. The Kier molecular flexibility index (Phi) is 3.04. The van der Waals surface area contributed by atoms with Crippen molar-refractivity contribution in [2.45, 2.75) is 51.1 Å². The van der Waals surface area contributed by atoms with Crippen LogP contribution in [-0.2, 0) is 9.59 Å². The summed E-state index contributed by atoms with van der Waals surface area (Å²) < 4.78 is 0. The Morgan fingerprint density at radius 1 is 1.33 bits per heavy atom. The lowest BCUT2D eigenvalue weighted by atomic mass is 9.96. The van der Waals surface area contributed by atoms with Gasteiger partial charge in [-0.05, 0) is 18.8 Å². The van der Waals surface area contributed by atoms with Crippen molar-refractivity contribution in [3.8, 4) is 0 Å². The predicted octanol–water partition coefficient (Wildman–Crippen LogP) is 0.960. The molecule has 2 N–H and O–H groups in total. The Hall–Kier alpha value is -1.59. The molecule has 18 heavy (non-hydrogen) atoms. The van der Waals surface area contributed by atoms with E-state index in [4.69, 9.17) is 0 Å². The lowest BCUT2D eigenvalue weighted by Gasteiger charge is -2.26. The van der Waals surface area contributed by atoms with Crippen LogP contribution in [0.5, 0.6) is 0 Å². The van der Waals surface area contributed by atoms with Crippen LogP contribution in [0.25, 0.3) is 0 Å². The van der Waals surface area contributed by atoms with Crippen LogP contribution in [0.2, 0.25) is 0 Å². The van der Waals surface area contributed by atoms with E-state index in [1.807, 2.05) is 0 Å². The van der Waals surface area contributed by atoms with E-state index >= 15 is 0 Å². The average Bonchev–Trinajstić information content (AvgIpc) is 2.80. The van der Waals surface area contributed by atoms with Crippen LogP contribution in [0.4, 0.5) is 4.79 Å². The summed E-state index contributed by atoms with van der Waals surface area (Å²) in [5.41, 5.74) is -0.834. The lowest BCUT2D eigenvalue weighted by Crippen LogP contribution is -2.50. The molecule has 1 aliphatic carbocycles. The molecular formula is C12H18N2O4. The van der Waals surface area contributed by atoms with Gasteiger partial charge in [-0.15, -0.1) is 0 Å². The molecule has 1 unspecified atom stereocenters. The summed E-state index contributed by atoms with van der Waals surface area (Å²) >= 11 is 0. The minimum absolute atomic E-state index is 0.311. The molecule has 1 atom stereocenters. The fourth-order valence-corrected chi connectivity index (χ4v) is 2.90. The highest BCUT2D eigenvalue weighted by molar-refractivity contribution is 6.09. The van der Waals surface area contributed by atoms with Gasteiger partial charge in [0.1, 0.15) is 11.6 Å². The molecule has 1 heterocycles. The van der Waals surface area contributed by atoms with E-state index in [0.29, 0.717) is 12.8 Å². The van der Waals surface area contributed by atoms with Gasteiger partial charge in [0.25, 0.3) is 5.91 Å². The molecule has 0 radical (unpaired) electrons. The molecule has 0 aromatic rings. The maximum atomic E-state index is 12.4. The molecule has 3 amide bonds. The topological polar surface area (TPSA) is 86.7 Å². The second kappa shape index (κ2) is 4.26. The summed E-state index contributed by atoms with van der Waals surface area (Å²) in [6.45, 7) is 3.39. The van der Waals surface area contributed by atoms with Crippen LogP contribution in [-0.4, -0.2) is 39.5 Å².